The van der Waals surface area contributed by atoms with Crippen LogP contribution in [0.3, 0.4) is 0 Å². The number of hydrogen-bond donors (Lipinski definition) is 0. The van der Waals surface area contributed by atoms with Crippen molar-refractivity contribution in [3.63, 3.8) is 0 Å². The summed E-state index contributed by atoms with van der Waals surface area (Å²) in [5.74, 6) is 1.42. The number of piperidine rings is 2. The highest BCUT2D eigenvalue weighted by atomic mass is 16.6. The lowest BCUT2D eigenvalue weighted by atomic mass is 9.82. The van der Waals surface area contributed by atoms with Crippen molar-refractivity contribution in [1.29, 1.82) is 0 Å². The number of nitrogens with zero attached hydrogens (tertiary/aromatic N) is 3. The van der Waals surface area contributed by atoms with Gasteiger partial charge in [-0.3, -0.25) is 0 Å². The van der Waals surface area contributed by atoms with Crippen LogP contribution in [0.25, 0.3) is 0 Å². The summed E-state index contributed by atoms with van der Waals surface area (Å²) in [5.41, 5.74) is 0.998. The molecule has 2 aliphatic heterocycles. The lowest BCUT2D eigenvalue weighted by Gasteiger charge is -2.38. The molecule has 0 aromatic carbocycles. The summed E-state index contributed by atoms with van der Waals surface area (Å²) in [5, 5.41) is 0. The van der Waals surface area contributed by atoms with Gasteiger partial charge in [0.05, 0.1) is 11.9 Å². The van der Waals surface area contributed by atoms with Crippen molar-refractivity contribution in [3.8, 4) is 0 Å². The second-order valence-electron chi connectivity index (χ2n) is 10.1. The molecule has 0 bridgehead atoms. The molecular formula is C24H39N3O2. The van der Waals surface area contributed by atoms with E-state index in [1.165, 1.54) is 45.2 Å². The van der Waals surface area contributed by atoms with Crippen molar-refractivity contribution in [2.45, 2.75) is 78.4 Å². The number of carbonyl (C=O) groups excluding carboxylic acids is 1. The Hall–Kier alpha value is -1.62. The third-order valence-corrected chi connectivity index (χ3v) is 6.38. The first-order chi connectivity index (χ1) is 13.7. The molecule has 3 heterocycles. The van der Waals surface area contributed by atoms with Crippen molar-refractivity contribution in [2.24, 2.45) is 11.8 Å². The van der Waals surface area contributed by atoms with Gasteiger partial charge in [-0.1, -0.05) is 0 Å². The molecule has 2 aliphatic rings. The summed E-state index contributed by atoms with van der Waals surface area (Å²) in [6.45, 7) is 15.0. The van der Waals surface area contributed by atoms with Crippen molar-refractivity contribution in [2.75, 3.05) is 31.1 Å². The minimum Gasteiger partial charge on any atom is -0.455 e. The Balaban J connectivity index is 1.44. The van der Waals surface area contributed by atoms with Gasteiger partial charge in [0.15, 0.2) is 0 Å². The fraction of sp³-hybridized carbons (Fsp3) is 0.750. The maximum absolute atomic E-state index is 12.1. The van der Waals surface area contributed by atoms with E-state index in [0.717, 1.165) is 30.6 Å². The first-order valence-electron chi connectivity index (χ1n) is 11.4. The molecule has 1 aromatic heterocycles. The zero-order valence-electron chi connectivity index (χ0n) is 19.0. The van der Waals surface area contributed by atoms with Crippen LogP contribution in [-0.2, 0) is 4.74 Å². The molecule has 5 heteroatoms. The Morgan fingerprint density at radius 3 is 2.14 bits per heavy atom. The summed E-state index contributed by atoms with van der Waals surface area (Å²) in [6, 6.07) is 4.49. The van der Waals surface area contributed by atoms with Crippen LogP contribution in [0.2, 0.25) is 0 Å². The second kappa shape index (κ2) is 9.46. The van der Waals surface area contributed by atoms with Crippen LogP contribution in [-0.4, -0.2) is 53.7 Å². The number of pyridine rings is 1. The zero-order valence-corrected chi connectivity index (χ0v) is 19.0. The quantitative estimate of drug-likeness (QED) is 0.666. The molecule has 5 nitrogen and oxygen atoms in total. The van der Waals surface area contributed by atoms with Crippen molar-refractivity contribution >= 4 is 11.7 Å². The molecule has 0 aliphatic carbocycles. The Labute approximate surface area is 176 Å². The van der Waals surface area contributed by atoms with Gasteiger partial charge in [-0.2, -0.15) is 0 Å². The minimum atomic E-state index is -0.495. The lowest BCUT2D eigenvalue weighted by molar-refractivity contribution is 0.00629. The molecule has 0 spiro atoms. The molecule has 0 radical (unpaired) electrons. The predicted octanol–water partition coefficient (Wildman–Crippen LogP) is 4.76. The normalized spacial score (nSPS) is 20.3. The van der Waals surface area contributed by atoms with Crippen LogP contribution in [0.15, 0.2) is 18.3 Å². The Morgan fingerprint density at radius 1 is 1.07 bits per heavy atom. The van der Waals surface area contributed by atoms with Gasteiger partial charge in [0.25, 0.3) is 0 Å². The van der Waals surface area contributed by atoms with Crippen LogP contribution < -0.4 is 4.90 Å². The maximum Gasteiger partial charge on any atom is 0.357 e. The predicted molar refractivity (Wildman–Crippen MR) is 118 cm³/mol. The molecule has 0 unspecified atom stereocenters. The molecule has 3 rings (SSSR count). The van der Waals surface area contributed by atoms with E-state index in [9.17, 15) is 4.79 Å². The van der Waals surface area contributed by atoms with Gasteiger partial charge >= 0.3 is 5.97 Å². The van der Waals surface area contributed by atoms with Crippen molar-refractivity contribution in [1.82, 2.24) is 9.88 Å². The van der Waals surface area contributed by atoms with Gasteiger partial charge in [-0.15, -0.1) is 0 Å². The second-order valence-corrected chi connectivity index (χ2v) is 10.1. The van der Waals surface area contributed by atoms with E-state index in [-0.39, 0.29) is 5.97 Å². The molecule has 29 heavy (non-hydrogen) atoms. The van der Waals surface area contributed by atoms with Crippen LogP contribution in [0.5, 0.6) is 0 Å². The fourth-order valence-electron chi connectivity index (χ4n) is 4.63. The number of anilines is 1. The number of carbonyl (C=O) groups is 1. The molecule has 0 N–H and O–H groups in total. The van der Waals surface area contributed by atoms with Crippen molar-refractivity contribution in [3.05, 3.63) is 24.0 Å². The standard InChI is InChI=1S/C24H39N3O2/c1-18(2)26-12-8-19(9-13-26)16-20-10-14-27(15-11-20)21-6-7-22(25-17-21)23(28)29-24(3,4)5/h6-7,17-20H,8-16H2,1-5H3. The van der Waals surface area contributed by atoms with Gasteiger partial charge in [0.1, 0.15) is 11.3 Å². The number of hydrogen-bond acceptors (Lipinski definition) is 5. The topological polar surface area (TPSA) is 45.7 Å². The molecule has 2 fully saturated rings. The number of aromatic nitrogens is 1. The highest BCUT2D eigenvalue weighted by Crippen LogP contribution is 2.31. The van der Waals surface area contributed by atoms with E-state index < -0.39 is 5.60 Å². The first kappa shape index (κ1) is 22.1. The van der Waals surface area contributed by atoms with Gasteiger partial charge in [0, 0.05) is 19.1 Å². The van der Waals surface area contributed by atoms with Gasteiger partial charge in [-0.25, -0.2) is 9.78 Å². The average molecular weight is 402 g/mol. The smallest absolute Gasteiger partial charge is 0.357 e. The van der Waals surface area contributed by atoms with E-state index in [0.29, 0.717) is 11.7 Å². The highest BCUT2D eigenvalue weighted by molar-refractivity contribution is 5.87. The summed E-state index contributed by atoms with van der Waals surface area (Å²) < 4.78 is 5.40. The summed E-state index contributed by atoms with van der Waals surface area (Å²) in [7, 11) is 0. The van der Waals surface area contributed by atoms with Crippen LogP contribution in [0.4, 0.5) is 5.69 Å². The third-order valence-electron chi connectivity index (χ3n) is 6.38. The van der Waals surface area contributed by atoms with Crippen LogP contribution >= 0.6 is 0 Å². The zero-order chi connectivity index (χ0) is 21.0. The molecule has 1 aromatic rings. The molecule has 162 valence electrons. The monoisotopic (exact) mass is 401 g/mol. The Morgan fingerprint density at radius 2 is 1.66 bits per heavy atom. The average Bonchev–Trinajstić information content (AvgIpc) is 2.68. The van der Waals surface area contributed by atoms with Crippen LogP contribution in [0.1, 0.15) is 77.2 Å². The number of ether oxygens (including phenoxy) is 1. The number of rotatable bonds is 5. The number of esters is 1. The molecule has 0 saturated carbocycles. The fourth-order valence-corrected chi connectivity index (χ4v) is 4.63. The van der Waals surface area contributed by atoms with Gasteiger partial charge in [-0.05, 0) is 104 Å². The minimum absolute atomic E-state index is 0.355. The first-order valence-corrected chi connectivity index (χ1v) is 11.4. The van der Waals surface area contributed by atoms with Gasteiger partial charge < -0.3 is 14.5 Å². The summed E-state index contributed by atoms with van der Waals surface area (Å²) in [6.07, 6.45) is 8.48. The lowest BCUT2D eigenvalue weighted by Crippen LogP contribution is -2.39. The molecule has 2 saturated heterocycles. The van der Waals surface area contributed by atoms with Crippen molar-refractivity contribution < 1.29 is 9.53 Å². The van der Waals surface area contributed by atoms with E-state index in [4.69, 9.17) is 4.74 Å². The Kier molecular flexibility index (Phi) is 7.20. The largest absolute Gasteiger partial charge is 0.455 e. The van der Waals surface area contributed by atoms with E-state index in [1.54, 1.807) is 6.07 Å². The van der Waals surface area contributed by atoms with Gasteiger partial charge in [0.2, 0.25) is 0 Å². The summed E-state index contributed by atoms with van der Waals surface area (Å²) in [4.78, 5) is 21.5. The highest BCUT2D eigenvalue weighted by Gasteiger charge is 2.26. The molecular weight excluding hydrogens is 362 g/mol. The SMILES string of the molecule is CC(C)N1CCC(CC2CCN(c3ccc(C(=O)OC(C)(C)C)nc3)CC2)CC1. The maximum atomic E-state index is 12.1. The third kappa shape index (κ3) is 6.43. The van der Waals surface area contributed by atoms with E-state index in [2.05, 4.69) is 28.6 Å². The van der Waals surface area contributed by atoms with Crippen LogP contribution in [0, 0.1) is 11.8 Å². The summed E-state index contributed by atoms with van der Waals surface area (Å²) >= 11 is 0. The van der Waals surface area contributed by atoms with E-state index in [1.807, 2.05) is 33.0 Å². The number of likely N-dealkylation sites (tertiary alicyclic amines) is 1. The molecule has 0 amide bonds. The molecule has 0 atom stereocenters. The Bertz CT molecular complexity index is 650. The van der Waals surface area contributed by atoms with E-state index >= 15 is 0 Å².